The molecule has 0 aliphatic carbocycles. The number of para-hydroxylation sites is 1. The molecule has 3 N–H and O–H groups in total. The Morgan fingerprint density at radius 1 is 1.06 bits per heavy atom. The van der Waals surface area contributed by atoms with Crippen LogP contribution >= 0.6 is 24.0 Å². The van der Waals surface area contributed by atoms with Crippen LogP contribution in [0.3, 0.4) is 0 Å². The Hall–Kier alpha value is -3.14. The van der Waals surface area contributed by atoms with Gasteiger partial charge in [-0.2, -0.15) is 0 Å². The van der Waals surface area contributed by atoms with Crippen molar-refractivity contribution in [1.82, 2.24) is 20.6 Å². The van der Waals surface area contributed by atoms with Crippen LogP contribution in [0.2, 0.25) is 0 Å². The second kappa shape index (κ2) is 11.5. The van der Waals surface area contributed by atoms with E-state index in [1.165, 1.54) is 23.1 Å². The molecule has 0 atom stereocenters. The molecule has 0 saturated heterocycles. The number of ether oxygens (including phenoxy) is 1. The van der Waals surface area contributed by atoms with Gasteiger partial charge in [-0.3, -0.25) is 4.99 Å². The molecule has 2 aromatic heterocycles. The smallest absolute Gasteiger partial charge is 0.219 e. The topological polar surface area (TPSA) is 74.3 Å². The van der Waals surface area contributed by atoms with Gasteiger partial charge in [-0.15, -0.1) is 24.0 Å². The Balaban J connectivity index is 0.00000289. The molecule has 2 heterocycles. The van der Waals surface area contributed by atoms with Crippen LogP contribution in [-0.2, 0) is 13.0 Å². The lowest BCUT2D eigenvalue weighted by Crippen LogP contribution is -2.37. The summed E-state index contributed by atoms with van der Waals surface area (Å²) in [5.41, 5.74) is 3.42. The second-order valence-electron chi connectivity index (χ2n) is 7.02. The van der Waals surface area contributed by atoms with E-state index in [2.05, 4.69) is 50.0 Å². The fourth-order valence-corrected chi connectivity index (χ4v) is 3.26. The zero-order chi connectivity index (χ0) is 21.5. The number of pyridine rings is 1. The number of aromatic amines is 1. The summed E-state index contributed by atoms with van der Waals surface area (Å²) < 4.78 is 18.6. The molecule has 4 aromatic rings. The van der Waals surface area contributed by atoms with Crippen molar-refractivity contribution in [2.45, 2.75) is 13.0 Å². The maximum atomic E-state index is 13.0. The number of hydrogen-bond acceptors (Lipinski definition) is 3. The van der Waals surface area contributed by atoms with Crippen LogP contribution in [0.1, 0.15) is 11.1 Å². The normalized spacial score (nSPS) is 11.1. The molecular weight excluding hydrogens is 520 g/mol. The predicted octanol–water partition coefficient (Wildman–Crippen LogP) is 5.02. The summed E-state index contributed by atoms with van der Waals surface area (Å²) in [6.45, 7) is 1.35. The van der Waals surface area contributed by atoms with Gasteiger partial charge in [0.25, 0.3) is 0 Å². The molecule has 0 fully saturated rings. The zero-order valence-corrected chi connectivity index (χ0v) is 20.0. The van der Waals surface area contributed by atoms with Gasteiger partial charge in [0.1, 0.15) is 11.6 Å². The van der Waals surface area contributed by atoms with Crippen LogP contribution < -0.4 is 15.4 Å². The van der Waals surface area contributed by atoms with E-state index in [9.17, 15) is 4.39 Å². The molecule has 0 saturated carbocycles. The molecule has 0 aliphatic rings. The van der Waals surface area contributed by atoms with E-state index in [0.29, 0.717) is 18.2 Å². The first-order valence-electron chi connectivity index (χ1n) is 10.1. The summed E-state index contributed by atoms with van der Waals surface area (Å²) >= 11 is 0. The van der Waals surface area contributed by atoms with Crippen molar-refractivity contribution in [2.75, 3.05) is 13.6 Å². The van der Waals surface area contributed by atoms with Crippen LogP contribution in [0.25, 0.3) is 10.9 Å². The number of nitrogens with zero attached hydrogens (tertiary/aromatic N) is 2. The molecule has 2 aromatic carbocycles. The minimum atomic E-state index is -0.301. The van der Waals surface area contributed by atoms with Crippen LogP contribution in [0, 0.1) is 5.82 Å². The Morgan fingerprint density at radius 3 is 2.62 bits per heavy atom. The van der Waals surface area contributed by atoms with Gasteiger partial charge < -0.3 is 20.4 Å². The number of rotatable bonds is 7. The highest BCUT2D eigenvalue weighted by Gasteiger charge is 2.05. The van der Waals surface area contributed by atoms with E-state index >= 15 is 0 Å². The average molecular weight is 545 g/mol. The van der Waals surface area contributed by atoms with E-state index in [0.717, 1.165) is 30.0 Å². The Bertz CT molecular complexity index is 1160. The van der Waals surface area contributed by atoms with Crippen molar-refractivity contribution < 1.29 is 9.13 Å². The average Bonchev–Trinajstić information content (AvgIpc) is 3.22. The number of fused-ring (bicyclic) bond motifs is 1. The first kappa shape index (κ1) is 23.5. The Labute approximate surface area is 203 Å². The fraction of sp³-hybridized carbons (Fsp3) is 0.167. The van der Waals surface area contributed by atoms with Crippen molar-refractivity contribution in [2.24, 2.45) is 4.99 Å². The van der Waals surface area contributed by atoms with E-state index < -0.39 is 0 Å². The third-order valence-electron chi connectivity index (χ3n) is 4.88. The fourth-order valence-electron chi connectivity index (χ4n) is 3.26. The predicted molar refractivity (Wildman–Crippen MR) is 136 cm³/mol. The van der Waals surface area contributed by atoms with Gasteiger partial charge in [0.2, 0.25) is 5.88 Å². The summed E-state index contributed by atoms with van der Waals surface area (Å²) in [6, 6.07) is 17.8. The van der Waals surface area contributed by atoms with Crippen LogP contribution in [0.15, 0.2) is 78.0 Å². The van der Waals surface area contributed by atoms with Crippen molar-refractivity contribution in [3.63, 3.8) is 0 Å². The molecule has 4 rings (SSSR count). The molecule has 0 amide bonds. The first-order valence-corrected chi connectivity index (χ1v) is 10.1. The standard InChI is InChI=1S/C24H24FN5O.HI/c1-26-24(27-13-12-18-16-28-22-5-3-2-4-21(18)22)30-15-17-6-11-23(29-14-17)31-20-9-7-19(25)8-10-20;/h2-11,14,16,28H,12-13,15H2,1H3,(H2,26,27,30);1H. The van der Waals surface area contributed by atoms with Crippen molar-refractivity contribution >= 4 is 40.8 Å². The van der Waals surface area contributed by atoms with Crippen molar-refractivity contribution in [1.29, 1.82) is 0 Å². The molecule has 32 heavy (non-hydrogen) atoms. The number of hydrogen-bond donors (Lipinski definition) is 3. The Morgan fingerprint density at radius 2 is 1.88 bits per heavy atom. The minimum absolute atomic E-state index is 0. The summed E-state index contributed by atoms with van der Waals surface area (Å²) in [4.78, 5) is 11.9. The van der Waals surface area contributed by atoms with Crippen LogP contribution in [0.5, 0.6) is 11.6 Å². The maximum Gasteiger partial charge on any atom is 0.219 e. The summed E-state index contributed by atoms with van der Waals surface area (Å²) in [7, 11) is 1.75. The minimum Gasteiger partial charge on any atom is -0.439 e. The third-order valence-corrected chi connectivity index (χ3v) is 4.88. The highest BCUT2D eigenvalue weighted by molar-refractivity contribution is 14.0. The summed E-state index contributed by atoms with van der Waals surface area (Å²) in [6.07, 6.45) is 4.69. The highest BCUT2D eigenvalue weighted by Crippen LogP contribution is 2.20. The highest BCUT2D eigenvalue weighted by atomic mass is 127. The summed E-state index contributed by atoms with van der Waals surface area (Å²) in [5.74, 6) is 1.42. The molecule has 0 unspecified atom stereocenters. The van der Waals surface area contributed by atoms with Gasteiger partial charge in [0.15, 0.2) is 5.96 Å². The molecule has 8 heteroatoms. The van der Waals surface area contributed by atoms with Gasteiger partial charge >= 0.3 is 0 Å². The van der Waals surface area contributed by atoms with E-state index in [1.807, 2.05) is 12.1 Å². The molecule has 0 aliphatic heterocycles. The van der Waals surface area contributed by atoms with Crippen molar-refractivity contribution in [3.8, 4) is 11.6 Å². The number of aromatic nitrogens is 2. The number of guanidine groups is 1. The van der Waals surface area contributed by atoms with Gasteiger partial charge in [0, 0.05) is 49.5 Å². The molecule has 0 spiro atoms. The number of halogens is 2. The van der Waals surface area contributed by atoms with Gasteiger partial charge in [-0.05, 0) is 47.9 Å². The van der Waals surface area contributed by atoms with Gasteiger partial charge in [-0.25, -0.2) is 9.37 Å². The monoisotopic (exact) mass is 545 g/mol. The third kappa shape index (κ3) is 6.19. The number of H-pyrrole nitrogens is 1. The van der Waals surface area contributed by atoms with Crippen molar-refractivity contribution in [3.05, 3.63) is 90.0 Å². The molecule has 166 valence electrons. The number of benzene rings is 2. The molecule has 6 nitrogen and oxygen atoms in total. The van der Waals surface area contributed by atoms with Crippen LogP contribution in [0.4, 0.5) is 4.39 Å². The van der Waals surface area contributed by atoms with E-state index in [4.69, 9.17) is 4.74 Å². The lowest BCUT2D eigenvalue weighted by atomic mass is 10.1. The SMILES string of the molecule is CN=C(NCCc1c[nH]c2ccccc12)NCc1ccc(Oc2ccc(F)cc2)nc1.I. The van der Waals surface area contributed by atoms with E-state index in [-0.39, 0.29) is 29.8 Å². The Kier molecular flexibility index (Phi) is 8.43. The zero-order valence-electron chi connectivity index (χ0n) is 17.6. The maximum absolute atomic E-state index is 13.0. The second-order valence-corrected chi connectivity index (χ2v) is 7.02. The largest absolute Gasteiger partial charge is 0.439 e. The van der Waals surface area contributed by atoms with Gasteiger partial charge in [-0.1, -0.05) is 24.3 Å². The lowest BCUT2D eigenvalue weighted by molar-refractivity contribution is 0.461. The lowest BCUT2D eigenvalue weighted by Gasteiger charge is -2.12. The number of aliphatic imine (C=N–C) groups is 1. The van der Waals surface area contributed by atoms with E-state index in [1.54, 1.807) is 31.4 Å². The number of nitrogens with one attached hydrogen (secondary N) is 3. The molecule has 0 bridgehead atoms. The first-order chi connectivity index (χ1) is 15.2. The quantitative estimate of drug-likeness (QED) is 0.173. The van der Waals surface area contributed by atoms with Crippen LogP contribution in [-0.4, -0.2) is 29.5 Å². The molecular formula is C24H25FIN5O. The van der Waals surface area contributed by atoms with Gasteiger partial charge in [0.05, 0.1) is 0 Å². The summed E-state index contributed by atoms with van der Waals surface area (Å²) in [5, 5.41) is 7.88. The molecule has 0 radical (unpaired) electrons.